The maximum atomic E-state index is 11.1. The predicted octanol–water partition coefficient (Wildman–Crippen LogP) is 7.08. The number of nitro groups is 1. The lowest BCUT2D eigenvalue weighted by molar-refractivity contribution is -0.384. The molecule has 0 spiro atoms. The summed E-state index contributed by atoms with van der Waals surface area (Å²) in [7, 11) is 1.69. The fraction of sp³-hybridized carbons (Fsp3) is 0.160. The number of thioether (sulfide) groups is 1. The largest absolute Gasteiger partial charge is 0.496 e. The van der Waals surface area contributed by atoms with Gasteiger partial charge in [0.1, 0.15) is 10.8 Å². The number of non-ortho nitro benzene ring substituents is 1. The van der Waals surface area contributed by atoms with E-state index in [0.29, 0.717) is 6.42 Å². The van der Waals surface area contributed by atoms with Crippen molar-refractivity contribution in [2.24, 2.45) is 0 Å². The monoisotopic (exact) mass is 507 g/mol. The van der Waals surface area contributed by atoms with Gasteiger partial charge in [0.2, 0.25) is 0 Å². The zero-order valence-corrected chi connectivity index (χ0v) is 20.7. The van der Waals surface area contributed by atoms with Crippen LogP contribution in [0.1, 0.15) is 22.9 Å². The first-order valence-electron chi connectivity index (χ1n) is 10.6. The Kier molecular flexibility index (Phi) is 6.66. The van der Waals surface area contributed by atoms with Gasteiger partial charge in [0, 0.05) is 23.1 Å². The molecule has 0 amide bonds. The van der Waals surface area contributed by atoms with Crippen molar-refractivity contribution in [3.8, 4) is 15.6 Å². The van der Waals surface area contributed by atoms with Crippen molar-refractivity contribution >= 4 is 45.8 Å². The fourth-order valence-electron chi connectivity index (χ4n) is 3.97. The quantitative estimate of drug-likeness (QED) is 0.188. The third-order valence-electron chi connectivity index (χ3n) is 5.65. The zero-order valence-electron chi connectivity index (χ0n) is 18.3. The van der Waals surface area contributed by atoms with Gasteiger partial charge in [-0.15, -0.1) is 34.4 Å². The van der Waals surface area contributed by atoms with E-state index in [1.807, 2.05) is 36.4 Å². The lowest BCUT2D eigenvalue weighted by Crippen LogP contribution is -2.27. The topological polar surface area (TPSA) is 68.5 Å². The highest BCUT2D eigenvalue weighted by Gasteiger charge is 2.30. The van der Waals surface area contributed by atoms with E-state index in [0.717, 1.165) is 44.0 Å². The van der Waals surface area contributed by atoms with Crippen molar-refractivity contribution in [3.05, 3.63) is 104 Å². The van der Waals surface area contributed by atoms with Crippen LogP contribution in [0.15, 0.2) is 76.8 Å². The van der Waals surface area contributed by atoms with Gasteiger partial charge in [-0.25, -0.2) is 4.98 Å². The Labute approximate surface area is 209 Å². The van der Waals surface area contributed by atoms with Crippen molar-refractivity contribution in [2.75, 3.05) is 13.0 Å². The van der Waals surface area contributed by atoms with Crippen LogP contribution in [0, 0.1) is 10.1 Å². The van der Waals surface area contributed by atoms with E-state index in [1.54, 1.807) is 53.7 Å². The first-order valence-corrected chi connectivity index (χ1v) is 13.4. The molecule has 0 N–H and O–H groups in total. The first-order chi connectivity index (χ1) is 16.6. The van der Waals surface area contributed by atoms with Gasteiger partial charge in [-0.05, 0) is 41.0 Å². The molecule has 1 aliphatic rings. The second-order valence-electron chi connectivity index (χ2n) is 7.67. The van der Waals surface area contributed by atoms with Crippen molar-refractivity contribution in [2.45, 2.75) is 12.5 Å². The van der Waals surface area contributed by atoms with Gasteiger partial charge < -0.3 is 9.64 Å². The first kappa shape index (κ1) is 22.6. The summed E-state index contributed by atoms with van der Waals surface area (Å²) in [6.45, 7) is 0. The number of nitro benzene ring substituents is 1. The Bertz CT molecular complexity index is 1320. The van der Waals surface area contributed by atoms with E-state index in [1.165, 1.54) is 0 Å². The molecule has 0 bridgehead atoms. The van der Waals surface area contributed by atoms with Crippen LogP contribution >= 0.6 is 34.4 Å². The van der Waals surface area contributed by atoms with E-state index in [4.69, 9.17) is 9.72 Å². The molecule has 2 aromatic heterocycles. The van der Waals surface area contributed by atoms with Crippen LogP contribution in [0.2, 0.25) is 0 Å². The number of nitrogens with zero attached hydrogens (tertiary/aromatic N) is 3. The molecule has 9 heteroatoms. The number of hydrogen-bond donors (Lipinski definition) is 0. The Morgan fingerprint density at radius 3 is 2.68 bits per heavy atom. The van der Waals surface area contributed by atoms with Gasteiger partial charge in [0.15, 0.2) is 0 Å². The van der Waals surface area contributed by atoms with Gasteiger partial charge in [-0.1, -0.05) is 30.3 Å². The summed E-state index contributed by atoms with van der Waals surface area (Å²) in [5.41, 5.74) is 4.25. The molecule has 1 aliphatic heterocycles. The van der Waals surface area contributed by atoms with E-state index in [-0.39, 0.29) is 16.7 Å². The fourth-order valence-corrected chi connectivity index (χ4v) is 6.62. The van der Waals surface area contributed by atoms with Crippen molar-refractivity contribution in [1.29, 1.82) is 0 Å². The standard InChI is InChI=1S/C25H21N3O3S3/c1-31-23-6-3-2-5-19(23)22-15-32-16-27(22)21(13-17-8-10-18(11-9-17)28(29)30)20-14-34-25(26-20)24-7-4-12-33-24/h2-12,14-15,21H,13,16H2,1H3/t21-/m0/s1. The summed E-state index contributed by atoms with van der Waals surface area (Å²) in [6, 6.07) is 18.9. The Balaban J connectivity index is 1.52. The van der Waals surface area contributed by atoms with Crippen LogP contribution in [0.4, 0.5) is 5.69 Å². The maximum Gasteiger partial charge on any atom is 0.269 e. The molecule has 2 aromatic carbocycles. The minimum absolute atomic E-state index is 0.0300. The number of thiophene rings is 1. The second kappa shape index (κ2) is 10.0. The lowest BCUT2D eigenvalue weighted by Gasteiger charge is -2.31. The number of hydrogen-bond acceptors (Lipinski definition) is 8. The van der Waals surface area contributed by atoms with Crippen LogP contribution in [0.3, 0.4) is 0 Å². The molecule has 34 heavy (non-hydrogen) atoms. The van der Waals surface area contributed by atoms with E-state index < -0.39 is 0 Å². The molecule has 0 saturated carbocycles. The molecule has 6 nitrogen and oxygen atoms in total. The molecule has 0 radical (unpaired) electrons. The molecule has 0 saturated heterocycles. The zero-order chi connectivity index (χ0) is 23.5. The third kappa shape index (κ3) is 4.59. The van der Waals surface area contributed by atoms with Gasteiger partial charge in [-0.3, -0.25) is 10.1 Å². The van der Waals surface area contributed by atoms with Gasteiger partial charge in [0.25, 0.3) is 5.69 Å². The van der Waals surface area contributed by atoms with Crippen molar-refractivity contribution in [1.82, 2.24) is 9.88 Å². The Morgan fingerprint density at radius 1 is 1.12 bits per heavy atom. The normalized spacial score (nSPS) is 14.1. The number of benzene rings is 2. The lowest BCUT2D eigenvalue weighted by atomic mass is 10.0. The average Bonchev–Trinajstić information content (AvgIpc) is 3.64. The third-order valence-corrected chi connectivity index (χ3v) is 8.37. The SMILES string of the molecule is COc1ccccc1C1=CSCN1[C@@H](Cc1ccc([N+](=O)[O-])cc1)c1csc(-c2cccs2)n1. The molecule has 0 unspecified atom stereocenters. The number of aromatic nitrogens is 1. The average molecular weight is 508 g/mol. The molecular weight excluding hydrogens is 486 g/mol. The molecule has 3 heterocycles. The highest BCUT2D eigenvalue weighted by molar-refractivity contribution is 8.02. The summed E-state index contributed by atoms with van der Waals surface area (Å²) in [5.74, 6) is 1.62. The summed E-state index contributed by atoms with van der Waals surface area (Å²) in [5, 5.41) is 18.5. The molecule has 172 valence electrons. The van der Waals surface area contributed by atoms with Crippen LogP contribution < -0.4 is 4.74 Å². The number of ether oxygens (including phenoxy) is 1. The molecule has 5 rings (SSSR count). The Hall–Kier alpha value is -3.14. The van der Waals surface area contributed by atoms with Crippen LogP contribution in [0.25, 0.3) is 15.6 Å². The number of rotatable bonds is 8. The van der Waals surface area contributed by atoms with Crippen LogP contribution in [-0.2, 0) is 6.42 Å². The van der Waals surface area contributed by atoms with Crippen molar-refractivity contribution in [3.63, 3.8) is 0 Å². The minimum Gasteiger partial charge on any atom is -0.496 e. The summed E-state index contributed by atoms with van der Waals surface area (Å²) in [6.07, 6.45) is 0.679. The molecule has 4 aromatic rings. The van der Waals surface area contributed by atoms with E-state index >= 15 is 0 Å². The number of para-hydroxylation sites is 1. The highest BCUT2D eigenvalue weighted by atomic mass is 32.2. The molecular formula is C25H21N3O3S3. The molecule has 0 aliphatic carbocycles. The van der Waals surface area contributed by atoms with Crippen molar-refractivity contribution < 1.29 is 9.66 Å². The summed E-state index contributed by atoms with van der Waals surface area (Å²) in [4.78, 5) is 19.3. The Morgan fingerprint density at radius 2 is 1.94 bits per heavy atom. The van der Waals surface area contributed by atoms with Gasteiger partial charge >= 0.3 is 0 Å². The van der Waals surface area contributed by atoms with Gasteiger partial charge in [0.05, 0.1) is 40.2 Å². The van der Waals surface area contributed by atoms with E-state index in [2.05, 4.69) is 33.2 Å². The van der Waals surface area contributed by atoms with E-state index in [9.17, 15) is 10.1 Å². The predicted molar refractivity (Wildman–Crippen MR) is 140 cm³/mol. The molecule has 0 fully saturated rings. The minimum atomic E-state index is -0.366. The maximum absolute atomic E-state index is 11.1. The van der Waals surface area contributed by atoms with Crippen LogP contribution in [-0.4, -0.2) is 27.8 Å². The second-order valence-corrected chi connectivity index (χ2v) is 10.3. The summed E-state index contributed by atoms with van der Waals surface area (Å²) >= 11 is 5.08. The van der Waals surface area contributed by atoms with Crippen LogP contribution in [0.5, 0.6) is 5.75 Å². The number of methoxy groups -OCH3 is 1. The summed E-state index contributed by atoms with van der Waals surface area (Å²) < 4.78 is 5.65. The number of thiazole rings is 1. The highest BCUT2D eigenvalue weighted by Crippen LogP contribution is 2.43. The van der Waals surface area contributed by atoms with Gasteiger partial charge in [-0.2, -0.15) is 0 Å². The smallest absolute Gasteiger partial charge is 0.269 e. The molecule has 1 atom stereocenters.